The third-order valence-electron chi connectivity index (χ3n) is 12.1. The van der Waals surface area contributed by atoms with Crippen LogP contribution in [0.1, 0.15) is 252 Å². The minimum atomic E-state index is -4.75. The molecule has 0 bridgehead atoms. The van der Waals surface area contributed by atoms with Crippen molar-refractivity contribution >= 4 is 25.7 Å². The van der Waals surface area contributed by atoms with E-state index in [0.717, 1.165) is 103 Å². The van der Waals surface area contributed by atoms with Crippen molar-refractivity contribution in [2.24, 2.45) is 0 Å². The second-order valence-electron chi connectivity index (χ2n) is 19.1. The summed E-state index contributed by atoms with van der Waals surface area (Å²) in [5, 5.41) is 9.77. The fraction of sp³-hybridized carbons (Fsp3) is 0.750. The highest BCUT2D eigenvalue weighted by atomic mass is 31.2. The summed E-state index contributed by atoms with van der Waals surface area (Å²) in [5.74, 6) is -1.49. The fourth-order valence-electron chi connectivity index (χ4n) is 7.73. The van der Waals surface area contributed by atoms with E-state index in [1.165, 1.54) is 89.9 Å². The number of rotatable bonds is 53. The van der Waals surface area contributed by atoms with Gasteiger partial charge in [-0.05, 0) is 89.9 Å². The smallest absolute Gasteiger partial charge is 0.462 e. The molecule has 0 amide bonds. The van der Waals surface area contributed by atoms with Gasteiger partial charge >= 0.3 is 25.7 Å². The molecule has 0 rings (SSSR count). The molecule has 0 saturated heterocycles. The Labute approximate surface area is 439 Å². The molecule has 0 aliphatic rings. The van der Waals surface area contributed by atoms with Gasteiger partial charge in [-0.15, -0.1) is 0 Å². The average Bonchev–Trinajstić information content (AvgIpc) is 3.37. The van der Waals surface area contributed by atoms with Crippen LogP contribution < -0.4 is 0 Å². The Hall–Kier alpha value is -3.08. The number of esters is 3. The fourth-order valence-corrected chi connectivity index (χ4v) is 8.51. The van der Waals surface area contributed by atoms with Gasteiger partial charge in [-0.1, -0.05) is 216 Å². The highest BCUT2D eigenvalue weighted by Crippen LogP contribution is 2.43. The van der Waals surface area contributed by atoms with E-state index < -0.39 is 57.8 Å². The Bertz CT molecular complexity index is 1490. The zero-order valence-electron chi connectivity index (χ0n) is 45.9. The van der Waals surface area contributed by atoms with E-state index in [0.29, 0.717) is 19.3 Å². The third kappa shape index (κ3) is 51.8. The van der Waals surface area contributed by atoms with Gasteiger partial charge in [0.1, 0.15) is 12.7 Å². The zero-order valence-corrected chi connectivity index (χ0v) is 46.8. The van der Waals surface area contributed by atoms with Gasteiger partial charge in [0.25, 0.3) is 0 Å². The molecule has 2 N–H and O–H groups in total. The van der Waals surface area contributed by atoms with Crippen LogP contribution >= 0.6 is 7.82 Å². The molecule has 0 aromatic heterocycles. The first-order valence-corrected chi connectivity index (χ1v) is 30.3. The molecule has 0 fully saturated rings. The highest BCUT2D eigenvalue weighted by molar-refractivity contribution is 7.47. The van der Waals surface area contributed by atoms with Gasteiger partial charge in [-0.25, -0.2) is 4.57 Å². The van der Waals surface area contributed by atoms with Crippen LogP contribution in [0.15, 0.2) is 72.9 Å². The largest absolute Gasteiger partial charge is 0.472 e. The first-order chi connectivity index (χ1) is 35.2. The van der Waals surface area contributed by atoms with Crippen molar-refractivity contribution in [1.29, 1.82) is 0 Å². The van der Waals surface area contributed by atoms with Gasteiger partial charge in [0, 0.05) is 19.3 Å². The first kappa shape index (κ1) is 68.9. The van der Waals surface area contributed by atoms with Crippen LogP contribution in [0.3, 0.4) is 0 Å². The summed E-state index contributed by atoms with van der Waals surface area (Å²) >= 11 is 0. The molecule has 0 spiro atoms. The van der Waals surface area contributed by atoms with Gasteiger partial charge in [0.15, 0.2) is 6.10 Å². The molecular weight excluding hydrogens is 928 g/mol. The van der Waals surface area contributed by atoms with Gasteiger partial charge < -0.3 is 24.2 Å². The number of aliphatic hydroxyl groups excluding tert-OH is 1. The predicted octanol–water partition coefficient (Wildman–Crippen LogP) is 16.9. The maximum atomic E-state index is 12.9. The lowest BCUT2D eigenvalue weighted by molar-refractivity contribution is -0.161. The molecular formula is C60H105O11P. The molecule has 3 unspecified atom stereocenters. The molecule has 0 heterocycles. The highest BCUT2D eigenvalue weighted by Gasteiger charge is 2.28. The second kappa shape index (κ2) is 54.2. The van der Waals surface area contributed by atoms with Gasteiger partial charge in [-0.2, -0.15) is 0 Å². The van der Waals surface area contributed by atoms with Crippen molar-refractivity contribution < 1.29 is 52.2 Å². The minimum absolute atomic E-state index is 0.156. The van der Waals surface area contributed by atoms with E-state index >= 15 is 0 Å². The molecule has 0 aromatic rings. The monoisotopic (exact) mass is 1030 g/mol. The van der Waals surface area contributed by atoms with E-state index in [2.05, 4.69) is 93.7 Å². The summed E-state index contributed by atoms with van der Waals surface area (Å²) in [5.41, 5.74) is 0. The number of phosphoric ester groups is 1. The van der Waals surface area contributed by atoms with E-state index in [9.17, 15) is 28.9 Å². The molecule has 3 atom stereocenters. The van der Waals surface area contributed by atoms with E-state index in [1.54, 1.807) is 0 Å². The van der Waals surface area contributed by atoms with Crippen molar-refractivity contribution in [1.82, 2.24) is 0 Å². The van der Waals surface area contributed by atoms with Crippen molar-refractivity contribution in [2.75, 3.05) is 26.4 Å². The van der Waals surface area contributed by atoms with Crippen molar-refractivity contribution in [3.05, 3.63) is 72.9 Å². The number of hydrogen-bond donors (Lipinski definition) is 2. The normalized spacial score (nSPS) is 13.9. The van der Waals surface area contributed by atoms with Crippen LogP contribution in [0, 0.1) is 0 Å². The molecule has 0 aliphatic heterocycles. The van der Waals surface area contributed by atoms with Crippen LogP contribution in [0.4, 0.5) is 0 Å². The molecule has 0 aliphatic carbocycles. The SMILES string of the molecule is CC/C=C\C/C=C\C/C=C\C/C=C\CCCCCCC(=O)OCC(COP(=O)(O)OCC(CO)OC(=O)CCCCCCCCCCC)OC(=O)CCCCCCCCCCC/C=C\C/C=C\CCCCC. The van der Waals surface area contributed by atoms with E-state index in [4.69, 9.17) is 23.3 Å². The molecule has 416 valence electrons. The van der Waals surface area contributed by atoms with Crippen LogP contribution in [-0.2, 0) is 42.2 Å². The Morgan fingerprint density at radius 2 is 0.722 bits per heavy atom. The summed E-state index contributed by atoms with van der Waals surface area (Å²) in [6.07, 6.45) is 60.1. The summed E-state index contributed by atoms with van der Waals surface area (Å²) < 4.78 is 39.4. The van der Waals surface area contributed by atoms with Gasteiger partial charge in [0.2, 0.25) is 0 Å². The Balaban J connectivity index is 4.75. The lowest BCUT2D eigenvalue weighted by Gasteiger charge is -2.21. The summed E-state index contributed by atoms with van der Waals surface area (Å²) in [7, 11) is -4.75. The Kier molecular flexibility index (Phi) is 51.9. The van der Waals surface area contributed by atoms with Crippen LogP contribution in [0.5, 0.6) is 0 Å². The molecule has 12 heteroatoms. The van der Waals surface area contributed by atoms with Gasteiger partial charge in [-0.3, -0.25) is 23.4 Å². The maximum absolute atomic E-state index is 12.9. The van der Waals surface area contributed by atoms with Crippen LogP contribution in [0.2, 0.25) is 0 Å². The average molecular weight is 1030 g/mol. The van der Waals surface area contributed by atoms with Crippen LogP contribution in [-0.4, -0.2) is 66.5 Å². The number of unbranched alkanes of at least 4 members (excludes halogenated alkanes) is 24. The molecule has 0 aromatic carbocycles. The molecule has 0 radical (unpaired) electrons. The number of ether oxygens (including phenoxy) is 3. The maximum Gasteiger partial charge on any atom is 0.472 e. The van der Waals surface area contributed by atoms with Crippen molar-refractivity contribution in [2.45, 2.75) is 264 Å². The molecule has 0 saturated carbocycles. The number of carbonyl (C=O) groups excluding carboxylic acids is 3. The predicted molar refractivity (Wildman–Crippen MR) is 298 cm³/mol. The molecule has 11 nitrogen and oxygen atoms in total. The standard InChI is InChI=1S/C60H105O11P/c1-4-7-10-13-16-19-21-23-25-27-28-30-32-34-36-39-42-45-48-51-60(64)71-57(53-67-58(62)49-46-43-40-38-35-33-31-29-26-24-22-20-17-14-11-8-5-2)55-69-72(65,66)68-54-56(52-61)70-59(63)50-47-44-41-37-18-15-12-9-6-3/h8,11,16-17,19-20,23-26,31,33,56-57,61H,4-7,9-10,12-15,18,21-22,27-30,32,34-55H2,1-3H3,(H,65,66)/b11-8-,19-16-,20-17-,25-23-,26-24-,33-31-. The topological polar surface area (TPSA) is 155 Å². The number of allylic oxidation sites excluding steroid dienone is 12. The summed E-state index contributed by atoms with van der Waals surface area (Å²) in [6, 6.07) is 0. The summed E-state index contributed by atoms with van der Waals surface area (Å²) in [4.78, 5) is 48.4. The second-order valence-corrected chi connectivity index (χ2v) is 20.5. The van der Waals surface area contributed by atoms with E-state index in [1.807, 2.05) is 0 Å². The number of aliphatic hydroxyl groups is 1. The van der Waals surface area contributed by atoms with Crippen molar-refractivity contribution in [3.8, 4) is 0 Å². The third-order valence-corrected chi connectivity index (χ3v) is 13.1. The summed E-state index contributed by atoms with van der Waals surface area (Å²) in [6.45, 7) is 4.46. The Morgan fingerprint density at radius 3 is 1.14 bits per heavy atom. The number of carbonyl (C=O) groups is 3. The van der Waals surface area contributed by atoms with Crippen LogP contribution in [0.25, 0.3) is 0 Å². The Morgan fingerprint density at radius 1 is 0.403 bits per heavy atom. The number of hydrogen-bond acceptors (Lipinski definition) is 10. The number of phosphoric acid groups is 1. The van der Waals surface area contributed by atoms with E-state index in [-0.39, 0.29) is 25.9 Å². The first-order valence-electron chi connectivity index (χ1n) is 28.8. The zero-order chi connectivity index (χ0) is 52.7. The minimum Gasteiger partial charge on any atom is -0.462 e. The van der Waals surface area contributed by atoms with Gasteiger partial charge in [0.05, 0.1) is 19.8 Å². The van der Waals surface area contributed by atoms with Crippen molar-refractivity contribution in [3.63, 3.8) is 0 Å². The lowest BCUT2D eigenvalue weighted by Crippen LogP contribution is -2.30. The lowest BCUT2D eigenvalue weighted by atomic mass is 10.1. The molecule has 72 heavy (non-hydrogen) atoms. The quantitative estimate of drug-likeness (QED) is 0.0197.